The summed E-state index contributed by atoms with van der Waals surface area (Å²) in [6, 6.07) is 5.12. The van der Waals surface area contributed by atoms with Gasteiger partial charge in [-0.05, 0) is 44.1 Å². The van der Waals surface area contributed by atoms with Crippen LogP contribution in [0.4, 0.5) is 11.4 Å². The molecule has 0 atom stereocenters. The molecule has 1 amide bonds. The van der Waals surface area contributed by atoms with Gasteiger partial charge in [-0.25, -0.2) is 0 Å². The molecule has 0 aliphatic carbocycles. The molecule has 0 aliphatic heterocycles. The average molecular weight is 298 g/mol. The van der Waals surface area contributed by atoms with Crippen molar-refractivity contribution in [2.45, 2.75) is 33.1 Å². The average Bonchev–Trinajstić information content (AvgIpc) is 2.41. The van der Waals surface area contributed by atoms with Crippen molar-refractivity contribution in [1.82, 2.24) is 4.90 Å². The summed E-state index contributed by atoms with van der Waals surface area (Å²) in [6.07, 6.45) is 2.70. The van der Waals surface area contributed by atoms with Gasteiger partial charge in [0.15, 0.2) is 0 Å². The molecule has 20 heavy (non-hydrogen) atoms. The quantitative estimate of drug-likeness (QED) is 0.723. The zero-order valence-corrected chi connectivity index (χ0v) is 13.0. The Labute approximate surface area is 126 Å². The van der Waals surface area contributed by atoms with Gasteiger partial charge in [-0.1, -0.05) is 25.4 Å². The first kappa shape index (κ1) is 16.8. The molecule has 0 unspecified atom stereocenters. The number of nitrogens with one attached hydrogen (secondary N) is 1. The van der Waals surface area contributed by atoms with E-state index in [1.54, 1.807) is 18.2 Å². The zero-order valence-electron chi connectivity index (χ0n) is 12.3. The molecule has 112 valence electrons. The predicted octanol–water partition coefficient (Wildman–Crippen LogP) is 3.37. The maximum Gasteiger partial charge on any atom is 0.225 e. The van der Waals surface area contributed by atoms with E-state index in [0.29, 0.717) is 22.8 Å². The van der Waals surface area contributed by atoms with Crippen molar-refractivity contribution in [2.24, 2.45) is 0 Å². The number of nitrogens with two attached hydrogens (primary N) is 1. The van der Waals surface area contributed by atoms with Crippen LogP contribution in [0.3, 0.4) is 0 Å². The van der Waals surface area contributed by atoms with E-state index in [9.17, 15) is 4.79 Å². The van der Waals surface area contributed by atoms with E-state index in [4.69, 9.17) is 17.3 Å². The highest BCUT2D eigenvalue weighted by Gasteiger charge is 2.08. The first-order valence-electron chi connectivity index (χ1n) is 7.14. The zero-order chi connectivity index (χ0) is 15.0. The van der Waals surface area contributed by atoms with Gasteiger partial charge >= 0.3 is 0 Å². The summed E-state index contributed by atoms with van der Waals surface area (Å²) in [5, 5.41) is 3.35. The normalized spacial score (nSPS) is 10.8. The molecule has 0 spiro atoms. The van der Waals surface area contributed by atoms with Crippen LogP contribution in [0.25, 0.3) is 0 Å². The predicted molar refractivity (Wildman–Crippen MR) is 86.1 cm³/mol. The summed E-state index contributed by atoms with van der Waals surface area (Å²) in [4.78, 5) is 14.2. The number of halogens is 1. The lowest BCUT2D eigenvalue weighted by molar-refractivity contribution is -0.116. The second-order valence-electron chi connectivity index (χ2n) is 4.88. The Balaban J connectivity index is 2.44. The molecule has 0 aliphatic rings. The number of carbonyl (C=O) groups excluding carboxylic acids is 1. The lowest BCUT2D eigenvalue weighted by atomic mass is 10.2. The van der Waals surface area contributed by atoms with Gasteiger partial charge in [-0.3, -0.25) is 4.79 Å². The van der Waals surface area contributed by atoms with Crippen LogP contribution in [-0.4, -0.2) is 30.4 Å². The summed E-state index contributed by atoms with van der Waals surface area (Å²) in [6.45, 7) is 7.17. The molecule has 0 heterocycles. The molecule has 1 rings (SSSR count). The third-order valence-corrected chi connectivity index (χ3v) is 3.36. The number of hydrogen-bond acceptors (Lipinski definition) is 3. The number of amides is 1. The van der Waals surface area contributed by atoms with Crippen molar-refractivity contribution in [3.8, 4) is 0 Å². The second-order valence-corrected chi connectivity index (χ2v) is 5.28. The molecule has 0 saturated heterocycles. The molecule has 0 aromatic heterocycles. The Bertz CT molecular complexity index is 431. The standard InChI is InChI=1S/C15H24ClN3O/c1-3-8-19(9-4-2)10-7-15(20)18-12-5-6-13(16)14(17)11-12/h5-6,11H,3-4,7-10,17H2,1-2H3,(H,18,20). The lowest BCUT2D eigenvalue weighted by Crippen LogP contribution is -2.29. The molecule has 3 N–H and O–H groups in total. The fourth-order valence-corrected chi connectivity index (χ4v) is 2.19. The van der Waals surface area contributed by atoms with Gasteiger partial charge < -0.3 is 16.0 Å². The summed E-state index contributed by atoms with van der Waals surface area (Å²) in [5.41, 5.74) is 6.87. The van der Waals surface area contributed by atoms with Crippen molar-refractivity contribution in [1.29, 1.82) is 0 Å². The van der Waals surface area contributed by atoms with Crippen LogP contribution in [0.15, 0.2) is 18.2 Å². The van der Waals surface area contributed by atoms with Crippen LogP contribution in [0, 0.1) is 0 Å². The third-order valence-electron chi connectivity index (χ3n) is 3.01. The fourth-order valence-electron chi connectivity index (χ4n) is 2.07. The van der Waals surface area contributed by atoms with E-state index in [1.807, 2.05) is 0 Å². The van der Waals surface area contributed by atoms with E-state index in [2.05, 4.69) is 24.1 Å². The van der Waals surface area contributed by atoms with Crippen molar-refractivity contribution < 1.29 is 4.79 Å². The van der Waals surface area contributed by atoms with Gasteiger partial charge in [0.2, 0.25) is 5.91 Å². The molecular formula is C15H24ClN3O. The minimum Gasteiger partial charge on any atom is -0.397 e. The van der Waals surface area contributed by atoms with Crippen molar-refractivity contribution >= 4 is 28.9 Å². The van der Waals surface area contributed by atoms with Gasteiger partial charge in [-0.2, -0.15) is 0 Å². The number of carbonyl (C=O) groups is 1. The van der Waals surface area contributed by atoms with Gasteiger partial charge in [0.05, 0.1) is 10.7 Å². The maximum atomic E-state index is 11.9. The smallest absolute Gasteiger partial charge is 0.225 e. The Kier molecular flexibility index (Phi) is 7.41. The van der Waals surface area contributed by atoms with Crippen LogP contribution >= 0.6 is 11.6 Å². The summed E-state index contributed by atoms with van der Waals surface area (Å²) in [7, 11) is 0. The first-order valence-corrected chi connectivity index (χ1v) is 7.51. The van der Waals surface area contributed by atoms with Crippen LogP contribution in [-0.2, 0) is 4.79 Å². The summed E-state index contributed by atoms with van der Waals surface area (Å²) < 4.78 is 0. The Morgan fingerprint density at radius 3 is 2.45 bits per heavy atom. The molecule has 0 fully saturated rings. The van der Waals surface area contributed by atoms with E-state index in [1.165, 1.54) is 0 Å². The molecule has 1 aromatic rings. The number of benzene rings is 1. The summed E-state index contributed by atoms with van der Waals surface area (Å²) in [5.74, 6) is 0.00364. The first-order chi connectivity index (χ1) is 9.56. The van der Waals surface area contributed by atoms with Crippen LogP contribution in [0.1, 0.15) is 33.1 Å². The molecule has 5 heteroatoms. The van der Waals surface area contributed by atoms with Crippen molar-refractivity contribution in [2.75, 3.05) is 30.7 Å². The Hall–Kier alpha value is -1.26. The number of nitrogen functional groups attached to an aromatic ring is 1. The Morgan fingerprint density at radius 2 is 1.90 bits per heavy atom. The van der Waals surface area contributed by atoms with E-state index in [-0.39, 0.29) is 5.91 Å². The largest absolute Gasteiger partial charge is 0.397 e. The molecule has 0 radical (unpaired) electrons. The SMILES string of the molecule is CCCN(CCC)CCC(=O)Nc1ccc(Cl)c(N)c1. The second kappa shape index (κ2) is 8.82. The topological polar surface area (TPSA) is 58.4 Å². The van der Waals surface area contributed by atoms with E-state index in [0.717, 1.165) is 32.5 Å². The lowest BCUT2D eigenvalue weighted by Gasteiger charge is -2.20. The van der Waals surface area contributed by atoms with Gasteiger partial charge in [0.1, 0.15) is 0 Å². The molecule has 4 nitrogen and oxygen atoms in total. The highest BCUT2D eigenvalue weighted by atomic mass is 35.5. The van der Waals surface area contributed by atoms with Crippen LogP contribution in [0.2, 0.25) is 5.02 Å². The van der Waals surface area contributed by atoms with Crippen LogP contribution in [0.5, 0.6) is 0 Å². The molecule has 0 bridgehead atoms. The summed E-state index contributed by atoms with van der Waals surface area (Å²) >= 11 is 5.85. The third kappa shape index (κ3) is 5.80. The van der Waals surface area contributed by atoms with E-state index < -0.39 is 0 Å². The minimum absolute atomic E-state index is 0.00364. The monoisotopic (exact) mass is 297 g/mol. The van der Waals surface area contributed by atoms with Gasteiger partial charge in [-0.15, -0.1) is 0 Å². The van der Waals surface area contributed by atoms with Gasteiger partial charge in [0, 0.05) is 18.7 Å². The molecule has 0 saturated carbocycles. The maximum absolute atomic E-state index is 11.9. The van der Waals surface area contributed by atoms with Crippen LogP contribution < -0.4 is 11.1 Å². The highest BCUT2D eigenvalue weighted by molar-refractivity contribution is 6.33. The number of rotatable bonds is 8. The fraction of sp³-hybridized carbons (Fsp3) is 0.533. The number of anilines is 2. The number of nitrogens with zero attached hydrogens (tertiary/aromatic N) is 1. The highest BCUT2D eigenvalue weighted by Crippen LogP contribution is 2.22. The van der Waals surface area contributed by atoms with Crippen molar-refractivity contribution in [3.05, 3.63) is 23.2 Å². The Morgan fingerprint density at radius 1 is 1.25 bits per heavy atom. The minimum atomic E-state index is 0.00364. The molecule has 1 aromatic carbocycles. The van der Waals surface area contributed by atoms with Crippen molar-refractivity contribution in [3.63, 3.8) is 0 Å². The van der Waals surface area contributed by atoms with E-state index >= 15 is 0 Å². The molecular weight excluding hydrogens is 274 g/mol. The number of hydrogen-bond donors (Lipinski definition) is 2. The van der Waals surface area contributed by atoms with Gasteiger partial charge in [0.25, 0.3) is 0 Å².